The molecule has 2 nitrogen and oxygen atoms in total. The summed E-state index contributed by atoms with van der Waals surface area (Å²) in [4.78, 5) is 4.27. The standard InChI is InChI=1S/C12H18N2/c1-9-11(6-3-7-14-9)12(13)8-10-4-2-5-10/h3,6-7,10,12H,2,4-5,8,13H2,1H3. The molecule has 1 atom stereocenters. The summed E-state index contributed by atoms with van der Waals surface area (Å²) in [6.07, 6.45) is 7.09. The van der Waals surface area contributed by atoms with E-state index in [1.807, 2.05) is 19.2 Å². The summed E-state index contributed by atoms with van der Waals surface area (Å²) in [5.74, 6) is 0.865. The van der Waals surface area contributed by atoms with Crippen LogP contribution in [0.5, 0.6) is 0 Å². The van der Waals surface area contributed by atoms with Crippen LogP contribution < -0.4 is 5.73 Å². The number of aromatic nitrogens is 1. The lowest BCUT2D eigenvalue weighted by molar-refractivity contribution is 0.277. The van der Waals surface area contributed by atoms with Crippen molar-refractivity contribution in [2.45, 2.75) is 38.6 Å². The number of aryl methyl sites for hydroxylation is 1. The van der Waals surface area contributed by atoms with E-state index in [1.54, 1.807) is 0 Å². The molecule has 2 rings (SSSR count). The molecule has 76 valence electrons. The molecule has 0 radical (unpaired) electrons. The fraction of sp³-hybridized carbons (Fsp3) is 0.583. The minimum Gasteiger partial charge on any atom is -0.324 e. The van der Waals surface area contributed by atoms with Crippen LogP contribution in [-0.4, -0.2) is 4.98 Å². The lowest BCUT2D eigenvalue weighted by Gasteiger charge is -2.28. The van der Waals surface area contributed by atoms with Gasteiger partial charge in [0.1, 0.15) is 0 Å². The van der Waals surface area contributed by atoms with E-state index >= 15 is 0 Å². The van der Waals surface area contributed by atoms with Crippen molar-refractivity contribution in [1.29, 1.82) is 0 Å². The normalized spacial score (nSPS) is 19.0. The van der Waals surface area contributed by atoms with Crippen LogP contribution in [0.1, 0.15) is 43.0 Å². The first-order chi connectivity index (χ1) is 6.77. The van der Waals surface area contributed by atoms with Crippen molar-refractivity contribution < 1.29 is 0 Å². The largest absolute Gasteiger partial charge is 0.324 e. The Morgan fingerprint density at radius 2 is 2.36 bits per heavy atom. The Morgan fingerprint density at radius 3 is 2.93 bits per heavy atom. The molecule has 1 unspecified atom stereocenters. The predicted molar refractivity (Wildman–Crippen MR) is 57.9 cm³/mol. The Balaban J connectivity index is 2.02. The molecule has 1 aromatic rings. The lowest BCUT2D eigenvalue weighted by Crippen LogP contribution is -2.20. The monoisotopic (exact) mass is 190 g/mol. The van der Waals surface area contributed by atoms with Gasteiger partial charge in [-0.3, -0.25) is 4.98 Å². The third kappa shape index (κ3) is 1.95. The summed E-state index contributed by atoms with van der Waals surface area (Å²) >= 11 is 0. The van der Waals surface area contributed by atoms with Crippen molar-refractivity contribution in [3.63, 3.8) is 0 Å². The third-order valence-electron chi connectivity index (χ3n) is 3.26. The van der Waals surface area contributed by atoms with Gasteiger partial charge < -0.3 is 5.73 Å². The van der Waals surface area contributed by atoms with E-state index in [-0.39, 0.29) is 6.04 Å². The van der Waals surface area contributed by atoms with Gasteiger partial charge in [0, 0.05) is 17.9 Å². The molecule has 0 aromatic carbocycles. The molecular formula is C12H18N2. The summed E-state index contributed by atoms with van der Waals surface area (Å²) in [6, 6.07) is 4.27. The van der Waals surface area contributed by atoms with Crippen molar-refractivity contribution in [2.24, 2.45) is 11.7 Å². The first kappa shape index (κ1) is 9.66. The zero-order valence-electron chi connectivity index (χ0n) is 8.74. The van der Waals surface area contributed by atoms with Gasteiger partial charge in [0.25, 0.3) is 0 Å². The van der Waals surface area contributed by atoms with Crippen LogP contribution in [0.15, 0.2) is 18.3 Å². The van der Waals surface area contributed by atoms with E-state index in [0.717, 1.165) is 18.0 Å². The van der Waals surface area contributed by atoms with E-state index in [2.05, 4.69) is 11.1 Å². The highest BCUT2D eigenvalue weighted by Crippen LogP contribution is 2.34. The molecule has 1 aliphatic rings. The van der Waals surface area contributed by atoms with Gasteiger partial charge in [0.15, 0.2) is 0 Å². The van der Waals surface area contributed by atoms with Gasteiger partial charge in [0.2, 0.25) is 0 Å². The van der Waals surface area contributed by atoms with Crippen molar-refractivity contribution in [3.05, 3.63) is 29.6 Å². The second-order valence-corrected chi connectivity index (χ2v) is 4.32. The number of hydrogen-bond acceptors (Lipinski definition) is 2. The van der Waals surface area contributed by atoms with Gasteiger partial charge in [-0.25, -0.2) is 0 Å². The van der Waals surface area contributed by atoms with Gasteiger partial charge >= 0.3 is 0 Å². The fourth-order valence-electron chi connectivity index (χ4n) is 2.10. The number of nitrogens with zero attached hydrogens (tertiary/aromatic N) is 1. The highest BCUT2D eigenvalue weighted by molar-refractivity contribution is 5.22. The maximum atomic E-state index is 6.17. The van der Waals surface area contributed by atoms with Gasteiger partial charge in [-0.15, -0.1) is 0 Å². The minimum atomic E-state index is 0.189. The van der Waals surface area contributed by atoms with Crippen LogP contribution >= 0.6 is 0 Å². The Labute approximate surface area is 85.5 Å². The second kappa shape index (κ2) is 4.09. The molecule has 0 amide bonds. The molecule has 0 spiro atoms. The number of rotatable bonds is 3. The van der Waals surface area contributed by atoms with Crippen molar-refractivity contribution in [2.75, 3.05) is 0 Å². The van der Waals surface area contributed by atoms with Crippen LogP contribution in [0.25, 0.3) is 0 Å². The van der Waals surface area contributed by atoms with Crippen LogP contribution in [0.2, 0.25) is 0 Å². The molecular weight excluding hydrogens is 172 g/mol. The van der Waals surface area contributed by atoms with Crippen LogP contribution in [-0.2, 0) is 0 Å². The summed E-state index contributed by atoms with van der Waals surface area (Å²) in [5, 5.41) is 0. The highest BCUT2D eigenvalue weighted by atomic mass is 14.7. The van der Waals surface area contributed by atoms with Crippen LogP contribution in [0.3, 0.4) is 0 Å². The smallest absolute Gasteiger partial charge is 0.0420 e. The summed E-state index contributed by atoms with van der Waals surface area (Å²) < 4.78 is 0. The summed E-state index contributed by atoms with van der Waals surface area (Å²) in [7, 11) is 0. The molecule has 1 aliphatic carbocycles. The van der Waals surface area contributed by atoms with E-state index in [0.29, 0.717) is 0 Å². The first-order valence-corrected chi connectivity index (χ1v) is 5.44. The number of pyridine rings is 1. The number of hydrogen-bond donors (Lipinski definition) is 1. The minimum absolute atomic E-state index is 0.189. The average molecular weight is 190 g/mol. The number of nitrogens with two attached hydrogens (primary N) is 1. The first-order valence-electron chi connectivity index (χ1n) is 5.44. The van der Waals surface area contributed by atoms with Crippen LogP contribution in [0.4, 0.5) is 0 Å². The van der Waals surface area contributed by atoms with E-state index < -0.39 is 0 Å². The van der Waals surface area contributed by atoms with E-state index in [4.69, 9.17) is 5.73 Å². The predicted octanol–water partition coefficient (Wildman–Crippen LogP) is 2.58. The molecule has 0 bridgehead atoms. The average Bonchev–Trinajstić information content (AvgIpc) is 2.12. The van der Waals surface area contributed by atoms with Gasteiger partial charge in [0.05, 0.1) is 0 Å². The molecule has 0 aliphatic heterocycles. The Morgan fingerprint density at radius 1 is 1.57 bits per heavy atom. The third-order valence-corrected chi connectivity index (χ3v) is 3.26. The van der Waals surface area contributed by atoms with Crippen molar-refractivity contribution in [3.8, 4) is 0 Å². The topological polar surface area (TPSA) is 38.9 Å². The molecule has 1 heterocycles. The Kier molecular flexibility index (Phi) is 2.82. The van der Waals surface area contributed by atoms with Gasteiger partial charge in [-0.1, -0.05) is 25.3 Å². The Hall–Kier alpha value is -0.890. The lowest BCUT2D eigenvalue weighted by atomic mass is 9.80. The van der Waals surface area contributed by atoms with Gasteiger partial charge in [-0.05, 0) is 30.9 Å². The maximum Gasteiger partial charge on any atom is 0.0420 e. The molecule has 0 saturated heterocycles. The highest BCUT2D eigenvalue weighted by Gasteiger charge is 2.21. The molecule has 1 fully saturated rings. The fourth-order valence-corrected chi connectivity index (χ4v) is 2.10. The zero-order chi connectivity index (χ0) is 9.97. The van der Waals surface area contributed by atoms with Crippen LogP contribution in [0, 0.1) is 12.8 Å². The van der Waals surface area contributed by atoms with E-state index in [1.165, 1.54) is 24.8 Å². The summed E-state index contributed by atoms with van der Waals surface area (Å²) in [5.41, 5.74) is 8.47. The molecule has 1 aromatic heterocycles. The summed E-state index contributed by atoms with van der Waals surface area (Å²) in [6.45, 7) is 2.04. The van der Waals surface area contributed by atoms with Crippen molar-refractivity contribution in [1.82, 2.24) is 4.98 Å². The Bertz CT molecular complexity index is 305. The van der Waals surface area contributed by atoms with Crippen molar-refractivity contribution >= 4 is 0 Å². The molecule has 1 saturated carbocycles. The molecule has 2 N–H and O–H groups in total. The second-order valence-electron chi connectivity index (χ2n) is 4.32. The quantitative estimate of drug-likeness (QED) is 0.795. The molecule has 2 heteroatoms. The zero-order valence-corrected chi connectivity index (χ0v) is 8.74. The molecule has 14 heavy (non-hydrogen) atoms. The van der Waals surface area contributed by atoms with E-state index in [9.17, 15) is 0 Å². The SMILES string of the molecule is Cc1ncccc1C(N)CC1CCC1. The maximum absolute atomic E-state index is 6.17. The van der Waals surface area contributed by atoms with Gasteiger partial charge in [-0.2, -0.15) is 0 Å².